The summed E-state index contributed by atoms with van der Waals surface area (Å²) in [6, 6.07) is 12.1. The molecule has 1 aromatic heterocycles. The van der Waals surface area contributed by atoms with Crippen LogP contribution in [0.1, 0.15) is 43.7 Å². The summed E-state index contributed by atoms with van der Waals surface area (Å²) in [5, 5.41) is 13.7. The van der Waals surface area contributed by atoms with Crippen molar-refractivity contribution >= 4 is 0 Å². The van der Waals surface area contributed by atoms with Gasteiger partial charge in [0.15, 0.2) is 5.75 Å². The Kier molecular flexibility index (Phi) is 5.36. The predicted octanol–water partition coefficient (Wildman–Crippen LogP) is 3.27. The molecule has 0 aliphatic heterocycles. The monoisotopic (exact) mass is 326 g/mol. The van der Waals surface area contributed by atoms with Gasteiger partial charge >= 0.3 is 0 Å². The Balaban J connectivity index is 1.65. The standard InChI is InChI=1S/C20H26N2O2/c1-15-7-9-18(10-8-15)21-13-17-11-12-22(20(24)19(17)23)14-16-5-3-2-4-6-16/h2-6,11-12,15,18,21,23H,7-10,13-14H2,1H3. The lowest BCUT2D eigenvalue weighted by atomic mass is 9.87. The first-order valence-electron chi connectivity index (χ1n) is 8.82. The summed E-state index contributed by atoms with van der Waals surface area (Å²) >= 11 is 0. The third kappa shape index (κ3) is 4.06. The molecule has 1 heterocycles. The van der Waals surface area contributed by atoms with Gasteiger partial charge in [-0.25, -0.2) is 0 Å². The van der Waals surface area contributed by atoms with Gasteiger partial charge in [-0.15, -0.1) is 0 Å². The fourth-order valence-corrected chi connectivity index (χ4v) is 3.37. The molecule has 24 heavy (non-hydrogen) atoms. The fourth-order valence-electron chi connectivity index (χ4n) is 3.37. The van der Waals surface area contributed by atoms with Crippen molar-refractivity contribution in [1.29, 1.82) is 0 Å². The van der Waals surface area contributed by atoms with E-state index in [2.05, 4.69) is 12.2 Å². The molecular formula is C20H26N2O2. The second kappa shape index (κ2) is 7.67. The summed E-state index contributed by atoms with van der Waals surface area (Å²) in [4.78, 5) is 12.4. The third-order valence-corrected chi connectivity index (χ3v) is 5.02. The van der Waals surface area contributed by atoms with Gasteiger partial charge in [-0.05, 0) is 43.2 Å². The first kappa shape index (κ1) is 16.8. The molecule has 1 aliphatic rings. The average Bonchev–Trinajstić information content (AvgIpc) is 2.61. The van der Waals surface area contributed by atoms with Crippen LogP contribution in [0.5, 0.6) is 5.75 Å². The van der Waals surface area contributed by atoms with Crippen molar-refractivity contribution in [2.75, 3.05) is 0 Å². The average molecular weight is 326 g/mol. The Morgan fingerprint density at radius 3 is 2.54 bits per heavy atom. The Morgan fingerprint density at radius 2 is 1.83 bits per heavy atom. The van der Waals surface area contributed by atoms with Crippen LogP contribution < -0.4 is 10.9 Å². The summed E-state index contributed by atoms with van der Waals surface area (Å²) in [5.74, 6) is 0.684. The molecule has 0 bridgehead atoms. The van der Waals surface area contributed by atoms with Crippen molar-refractivity contribution in [1.82, 2.24) is 9.88 Å². The first-order valence-corrected chi connectivity index (χ1v) is 8.82. The van der Waals surface area contributed by atoms with Crippen LogP contribution in [-0.4, -0.2) is 15.7 Å². The van der Waals surface area contributed by atoms with E-state index in [1.807, 2.05) is 36.4 Å². The molecule has 128 valence electrons. The summed E-state index contributed by atoms with van der Waals surface area (Å²) < 4.78 is 1.55. The topological polar surface area (TPSA) is 54.3 Å². The number of hydrogen-bond donors (Lipinski definition) is 2. The van der Waals surface area contributed by atoms with Gasteiger partial charge in [0.05, 0.1) is 6.54 Å². The van der Waals surface area contributed by atoms with Crippen molar-refractivity contribution in [3.05, 3.63) is 64.1 Å². The zero-order chi connectivity index (χ0) is 16.9. The zero-order valence-electron chi connectivity index (χ0n) is 14.2. The van der Waals surface area contributed by atoms with E-state index in [0.717, 1.165) is 11.5 Å². The Labute approximate surface area is 143 Å². The minimum atomic E-state index is -0.324. The van der Waals surface area contributed by atoms with Gasteiger partial charge in [0, 0.05) is 24.3 Å². The van der Waals surface area contributed by atoms with Gasteiger partial charge in [-0.3, -0.25) is 4.79 Å². The summed E-state index contributed by atoms with van der Waals surface area (Å²) in [6.45, 7) is 3.32. The van der Waals surface area contributed by atoms with E-state index in [1.165, 1.54) is 25.7 Å². The van der Waals surface area contributed by atoms with E-state index >= 15 is 0 Å². The minimum absolute atomic E-state index is 0.134. The van der Waals surface area contributed by atoms with Gasteiger partial charge < -0.3 is 15.0 Å². The lowest BCUT2D eigenvalue weighted by molar-refractivity contribution is 0.305. The third-order valence-electron chi connectivity index (χ3n) is 5.02. The number of rotatable bonds is 5. The van der Waals surface area contributed by atoms with E-state index in [4.69, 9.17) is 0 Å². The van der Waals surface area contributed by atoms with E-state index in [1.54, 1.807) is 10.8 Å². The largest absolute Gasteiger partial charge is 0.503 e. The first-order chi connectivity index (χ1) is 11.6. The molecule has 1 fully saturated rings. The second-order valence-electron chi connectivity index (χ2n) is 6.95. The number of benzene rings is 1. The highest BCUT2D eigenvalue weighted by Crippen LogP contribution is 2.24. The molecule has 1 aliphatic carbocycles. The van der Waals surface area contributed by atoms with Gasteiger partial charge in [-0.2, -0.15) is 0 Å². The molecule has 0 unspecified atom stereocenters. The highest BCUT2D eigenvalue weighted by molar-refractivity contribution is 5.29. The maximum atomic E-state index is 12.4. The van der Waals surface area contributed by atoms with Crippen LogP contribution in [-0.2, 0) is 13.1 Å². The van der Waals surface area contributed by atoms with Crippen LogP contribution in [0, 0.1) is 5.92 Å². The number of aromatic nitrogens is 1. The Hall–Kier alpha value is -2.07. The van der Waals surface area contributed by atoms with Crippen LogP contribution in [0.2, 0.25) is 0 Å². The van der Waals surface area contributed by atoms with Crippen LogP contribution in [0.3, 0.4) is 0 Å². The van der Waals surface area contributed by atoms with E-state index in [9.17, 15) is 9.90 Å². The zero-order valence-corrected chi connectivity index (χ0v) is 14.2. The van der Waals surface area contributed by atoms with Crippen molar-refractivity contribution in [2.45, 2.75) is 51.7 Å². The summed E-state index contributed by atoms with van der Waals surface area (Å²) in [7, 11) is 0. The summed E-state index contributed by atoms with van der Waals surface area (Å²) in [5.41, 5.74) is 1.40. The minimum Gasteiger partial charge on any atom is -0.503 e. The number of pyridine rings is 1. The molecule has 0 amide bonds. The van der Waals surface area contributed by atoms with Gasteiger partial charge in [0.1, 0.15) is 0 Å². The SMILES string of the molecule is CC1CCC(NCc2ccn(Cc3ccccc3)c(=O)c2O)CC1. The predicted molar refractivity (Wildman–Crippen MR) is 96.2 cm³/mol. The van der Waals surface area contributed by atoms with Crippen LogP contribution in [0.25, 0.3) is 0 Å². The Bertz CT molecular complexity index is 716. The quantitative estimate of drug-likeness (QED) is 0.886. The normalized spacial score (nSPS) is 20.9. The van der Waals surface area contributed by atoms with Crippen molar-refractivity contribution in [2.24, 2.45) is 5.92 Å². The molecule has 0 spiro atoms. The summed E-state index contributed by atoms with van der Waals surface area (Å²) in [6.07, 6.45) is 6.62. The number of nitrogens with one attached hydrogen (secondary N) is 1. The highest BCUT2D eigenvalue weighted by Gasteiger charge is 2.18. The number of aromatic hydroxyl groups is 1. The number of hydrogen-bond acceptors (Lipinski definition) is 3. The molecule has 4 heteroatoms. The van der Waals surface area contributed by atoms with E-state index in [0.29, 0.717) is 24.7 Å². The lowest BCUT2D eigenvalue weighted by Crippen LogP contribution is -2.33. The molecule has 1 aromatic carbocycles. The maximum Gasteiger partial charge on any atom is 0.293 e. The lowest BCUT2D eigenvalue weighted by Gasteiger charge is -2.27. The smallest absolute Gasteiger partial charge is 0.293 e. The molecule has 3 rings (SSSR count). The molecule has 0 atom stereocenters. The van der Waals surface area contributed by atoms with Crippen molar-refractivity contribution in [3.8, 4) is 5.75 Å². The van der Waals surface area contributed by atoms with Crippen LogP contribution >= 0.6 is 0 Å². The van der Waals surface area contributed by atoms with Gasteiger partial charge in [0.25, 0.3) is 5.56 Å². The molecule has 4 nitrogen and oxygen atoms in total. The van der Waals surface area contributed by atoms with E-state index in [-0.39, 0.29) is 11.3 Å². The highest BCUT2D eigenvalue weighted by atomic mass is 16.3. The number of nitrogens with zero attached hydrogens (tertiary/aromatic N) is 1. The fraction of sp³-hybridized carbons (Fsp3) is 0.450. The molecule has 2 aromatic rings. The Morgan fingerprint density at radius 1 is 1.12 bits per heavy atom. The van der Waals surface area contributed by atoms with Gasteiger partial charge in [0.2, 0.25) is 0 Å². The molecule has 2 N–H and O–H groups in total. The van der Waals surface area contributed by atoms with Crippen LogP contribution in [0.4, 0.5) is 0 Å². The molecule has 0 radical (unpaired) electrons. The molecule has 0 saturated heterocycles. The maximum absolute atomic E-state index is 12.4. The molecule has 1 saturated carbocycles. The van der Waals surface area contributed by atoms with Crippen molar-refractivity contribution < 1.29 is 5.11 Å². The molecular weight excluding hydrogens is 300 g/mol. The van der Waals surface area contributed by atoms with Crippen LogP contribution in [0.15, 0.2) is 47.4 Å². The second-order valence-corrected chi connectivity index (χ2v) is 6.95. The van der Waals surface area contributed by atoms with Gasteiger partial charge in [-0.1, -0.05) is 37.3 Å². The van der Waals surface area contributed by atoms with E-state index < -0.39 is 0 Å². The van der Waals surface area contributed by atoms with Crippen molar-refractivity contribution in [3.63, 3.8) is 0 Å².